The molecule has 6 heteroatoms. The molecule has 70 valence electrons. The number of ether oxygens (including phenoxy) is 1. The van der Waals surface area contributed by atoms with Gasteiger partial charge in [0.2, 0.25) is 0 Å². The van der Waals surface area contributed by atoms with Crippen molar-refractivity contribution in [3.63, 3.8) is 0 Å². The van der Waals surface area contributed by atoms with E-state index in [-0.39, 0.29) is 6.61 Å². The lowest BCUT2D eigenvalue weighted by molar-refractivity contribution is -0.118. The minimum atomic E-state index is -1.90. The Labute approximate surface area is 80.2 Å². The SMILES string of the molecule is CCOC(=O)NC(Cl)(Cl)C(C)=O. The second-order valence-electron chi connectivity index (χ2n) is 1.98. The van der Waals surface area contributed by atoms with Crippen LogP contribution in [-0.4, -0.2) is 22.9 Å². The number of Topliss-reactive ketones (excluding diaryl/α,β-unsaturated/α-hetero) is 1. The third kappa shape index (κ3) is 3.78. The van der Waals surface area contributed by atoms with Gasteiger partial charge in [0.05, 0.1) is 6.61 Å². The maximum Gasteiger partial charge on any atom is 0.409 e. The highest BCUT2D eigenvalue weighted by Crippen LogP contribution is 2.17. The lowest BCUT2D eigenvalue weighted by Gasteiger charge is -2.16. The molecule has 0 spiro atoms. The Kier molecular flexibility index (Phi) is 4.34. The van der Waals surface area contributed by atoms with Crippen molar-refractivity contribution in [1.82, 2.24) is 5.32 Å². The first kappa shape index (κ1) is 11.5. The number of hydrogen-bond acceptors (Lipinski definition) is 3. The fourth-order valence-corrected chi connectivity index (χ4v) is 0.538. The third-order valence-corrected chi connectivity index (χ3v) is 1.70. The molecule has 0 aliphatic heterocycles. The molecular formula is C6H9Cl2NO3. The number of carbonyl (C=O) groups is 2. The zero-order valence-corrected chi connectivity index (χ0v) is 8.20. The van der Waals surface area contributed by atoms with Crippen LogP contribution < -0.4 is 5.32 Å². The average Bonchev–Trinajstić information content (AvgIpc) is 1.85. The molecule has 0 atom stereocenters. The fraction of sp³-hybridized carbons (Fsp3) is 0.667. The number of alkyl carbamates (subject to hydrolysis) is 1. The number of hydrogen-bond donors (Lipinski definition) is 1. The van der Waals surface area contributed by atoms with E-state index in [0.29, 0.717) is 0 Å². The Balaban J connectivity index is 4.06. The fourth-order valence-electron chi connectivity index (χ4n) is 0.383. The van der Waals surface area contributed by atoms with E-state index in [1.54, 1.807) is 6.92 Å². The quantitative estimate of drug-likeness (QED) is 0.571. The smallest absolute Gasteiger partial charge is 0.409 e. The van der Waals surface area contributed by atoms with Gasteiger partial charge in [0, 0.05) is 0 Å². The molecule has 0 saturated carbocycles. The van der Waals surface area contributed by atoms with Crippen molar-refractivity contribution in [2.24, 2.45) is 0 Å². The molecule has 0 aromatic heterocycles. The number of alkyl halides is 2. The summed E-state index contributed by atoms with van der Waals surface area (Å²) in [4.78, 5) is 21.4. The normalized spacial score (nSPS) is 10.7. The largest absolute Gasteiger partial charge is 0.450 e. The van der Waals surface area contributed by atoms with Gasteiger partial charge >= 0.3 is 6.09 Å². The summed E-state index contributed by atoms with van der Waals surface area (Å²) in [6, 6.07) is 0. The first-order chi connectivity index (χ1) is 5.40. The van der Waals surface area contributed by atoms with Crippen LogP contribution in [0, 0.1) is 0 Å². The topological polar surface area (TPSA) is 55.4 Å². The number of halogens is 2. The van der Waals surface area contributed by atoms with Crippen LogP contribution in [0.3, 0.4) is 0 Å². The number of nitrogens with one attached hydrogen (secondary N) is 1. The van der Waals surface area contributed by atoms with Gasteiger partial charge in [0.15, 0.2) is 5.78 Å². The highest BCUT2D eigenvalue weighted by atomic mass is 35.5. The van der Waals surface area contributed by atoms with Crippen LogP contribution in [0.4, 0.5) is 4.79 Å². The molecule has 0 radical (unpaired) electrons. The summed E-state index contributed by atoms with van der Waals surface area (Å²) in [6.07, 6.45) is -0.822. The summed E-state index contributed by atoms with van der Waals surface area (Å²) in [5.41, 5.74) is 0. The summed E-state index contributed by atoms with van der Waals surface area (Å²) >= 11 is 10.8. The minimum absolute atomic E-state index is 0.188. The number of rotatable bonds is 3. The zero-order valence-electron chi connectivity index (χ0n) is 6.69. The monoisotopic (exact) mass is 213 g/mol. The lowest BCUT2D eigenvalue weighted by Crippen LogP contribution is -2.44. The molecule has 0 aromatic carbocycles. The molecule has 0 saturated heterocycles. The molecule has 0 rings (SSSR count). The highest BCUT2D eigenvalue weighted by Gasteiger charge is 2.32. The maximum absolute atomic E-state index is 10.7. The standard InChI is InChI=1S/C6H9Cl2NO3/c1-3-12-5(11)9-6(7,8)4(2)10/h3H2,1-2H3,(H,9,11). The van der Waals surface area contributed by atoms with Gasteiger partial charge < -0.3 is 4.74 Å². The van der Waals surface area contributed by atoms with E-state index in [1.807, 2.05) is 5.32 Å². The highest BCUT2D eigenvalue weighted by molar-refractivity contribution is 6.58. The Bertz CT molecular complexity index is 193. The molecular weight excluding hydrogens is 205 g/mol. The van der Waals surface area contributed by atoms with Gasteiger partial charge in [0.25, 0.3) is 4.46 Å². The molecule has 0 fully saturated rings. The van der Waals surface area contributed by atoms with Crippen LogP contribution in [0.15, 0.2) is 0 Å². The zero-order chi connectivity index (χ0) is 9.78. The first-order valence-corrected chi connectivity index (χ1v) is 3.99. The van der Waals surface area contributed by atoms with E-state index in [9.17, 15) is 9.59 Å². The van der Waals surface area contributed by atoms with E-state index >= 15 is 0 Å². The predicted molar refractivity (Wildman–Crippen MR) is 45.3 cm³/mol. The number of ketones is 1. The summed E-state index contributed by atoms with van der Waals surface area (Å²) in [6.45, 7) is 2.97. The van der Waals surface area contributed by atoms with Gasteiger partial charge in [-0.2, -0.15) is 0 Å². The van der Waals surface area contributed by atoms with Crippen LogP contribution in [0.2, 0.25) is 0 Å². The molecule has 0 unspecified atom stereocenters. The molecule has 0 heterocycles. The van der Waals surface area contributed by atoms with E-state index in [4.69, 9.17) is 23.2 Å². The van der Waals surface area contributed by atoms with Gasteiger partial charge in [-0.1, -0.05) is 23.2 Å². The van der Waals surface area contributed by atoms with Crippen LogP contribution in [0.5, 0.6) is 0 Å². The van der Waals surface area contributed by atoms with Crippen molar-refractivity contribution in [1.29, 1.82) is 0 Å². The van der Waals surface area contributed by atoms with Crippen LogP contribution in [0.1, 0.15) is 13.8 Å². The first-order valence-electron chi connectivity index (χ1n) is 3.24. The lowest BCUT2D eigenvalue weighted by atomic mass is 10.4. The summed E-state index contributed by atoms with van der Waals surface area (Å²) < 4.78 is 2.56. The van der Waals surface area contributed by atoms with Gasteiger partial charge in [0.1, 0.15) is 0 Å². The predicted octanol–water partition coefficient (Wildman–Crippen LogP) is 1.45. The molecule has 0 bridgehead atoms. The Morgan fingerprint density at radius 3 is 2.33 bits per heavy atom. The molecule has 0 aliphatic rings. The molecule has 0 aromatic rings. The molecule has 0 aliphatic carbocycles. The number of amides is 1. The van der Waals surface area contributed by atoms with Crippen molar-refractivity contribution in [3.05, 3.63) is 0 Å². The van der Waals surface area contributed by atoms with Crippen LogP contribution in [0.25, 0.3) is 0 Å². The van der Waals surface area contributed by atoms with Gasteiger partial charge in [-0.3, -0.25) is 10.1 Å². The van der Waals surface area contributed by atoms with E-state index in [2.05, 4.69) is 4.74 Å². The summed E-state index contributed by atoms with van der Waals surface area (Å²) in [7, 11) is 0. The third-order valence-electron chi connectivity index (χ3n) is 0.977. The Morgan fingerprint density at radius 2 is 2.00 bits per heavy atom. The molecule has 1 N–H and O–H groups in total. The van der Waals surface area contributed by atoms with Crippen molar-refractivity contribution in [2.45, 2.75) is 18.3 Å². The van der Waals surface area contributed by atoms with Gasteiger partial charge in [-0.15, -0.1) is 0 Å². The van der Waals surface area contributed by atoms with Gasteiger partial charge in [-0.05, 0) is 13.8 Å². The van der Waals surface area contributed by atoms with Crippen LogP contribution >= 0.6 is 23.2 Å². The number of carbonyl (C=O) groups excluding carboxylic acids is 2. The second-order valence-corrected chi connectivity index (χ2v) is 3.30. The summed E-state index contributed by atoms with van der Waals surface area (Å²) in [5.74, 6) is -0.570. The van der Waals surface area contributed by atoms with E-state index in [1.165, 1.54) is 0 Å². The van der Waals surface area contributed by atoms with Crippen molar-refractivity contribution < 1.29 is 14.3 Å². The van der Waals surface area contributed by atoms with E-state index in [0.717, 1.165) is 6.92 Å². The molecule has 12 heavy (non-hydrogen) atoms. The minimum Gasteiger partial charge on any atom is -0.450 e. The molecule has 4 nitrogen and oxygen atoms in total. The summed E-state index contributed by atoms with van der Waals surface area (Å²) in [5, 5.41) is 1.98. The van der Waals surface area contributed by atoms with E-state index < -0.39 is 16.3 Å². The van der Waals surface area contributed by atoms with Crippen molar-refractivity contribution >= 4 is 35.1 Å². The van der Waals surface area contributed by atoms with Crippen LogP contribution in [-0.2, 0) is 9.53 Å². The Morgan fingerprint density at radius 1 is 1.50 bits per heavy atom. The van der Waals surface area contributed by atoms with Crippen molar-refractivity contribution in [3.8, 4) is 0 Å². The van der Waals surface area contributed by atoms with Crippen molar-refractivity contribution in [2.75, 3.05) is 6.61 Å². The average molecular weight is 214 g/mol. The van der Waals surface area contributed by atoms with Gasteiger partial charge in [-0.25, -0.2) is 4.79 Å². The molecule has 1 amide bonds. The Hall–Kier alpha value is -0.480. The second kappa shape index (κ2) is 4.52. The maximum atomic E-state index is 10.7.